The van der Waals surface area contributed by atoms with Crippen LogP contribution in [0.3, 0.4) is 0 Å². The van der Waals surface area contributed by atoms with Gasteiger partial charge in [0.25, 0.3) is 5.91 Å². The Kier molecular flexibility index (Phi) is 5.57. The number of hydrogen-bond acceptors (Lipinski definition) is 4. The smallest absolute Gasteiger partial charge is 0.255 e. The molecule has 2 amide bonds. The van der Waals surface area contributed by atoms with Crippen LogP contribution < -0.4 is 21.1 Å². The van der Waals surface area contributed by atoms with Gasteiger partial charge in [0.1, 0.15) is 5.75 Å². The van der Waals surface area contributed by atoms with Crippen molar-refractivity contribution in [1.82, 2.24) is 5.32 Å². The Bertz CT molecular complexity index is 499. The van der Waals surface area contributed by atoms with Gasteiger partial charge in [-0.25, -0.2) is 0 Å². The third-order valence-corrected chi connectivity index (χ3v) is 3.43. The molecule has 1 heterocycles. The molecule has 0 bridgehead atoms. The molecule has 1 aromatic carbocycles. The minimum atomic E-state index is -0.532. The maximum absolute atomic E-state index is 12.0. The lowest BCUT2D eigenvalue weighted by atomic mass is 9.94. The second kappa shape index (κ2) is 7.64. The molecule has 6 nitrogen and oxygen atoms in total. The molecule has 0 aliphatic carbocycles. The largest absolute Gasteiger partial charge is 0.484 e. The number of benzene rings is 1. The second-order valence-electron chi connectivity index (χ2n) is 5.23. The van der Waals surface area contributed by atoms with Gasteiger partial charge in [-0.3, -0.25) is 9.59 Å². The topological polar surface area (TPSA) is 93.5 Å². The lowest BCUT2D eigenvalue weighted by molar-refractivity contribution is -0.120. The molecule has 0 saturated carbocycles. The van der Waals surface area contributed by atoms with Gasteiger partial charge < -0.3 is 21.1 Å². The number of nitrogens with one attached hydrogen (secondary N) is 2. The highest BCUT2D eigenvalue weighted by Gasteiger charge is 2.16. The maximum Gasteiger partial charge on any atom is 0.255 e. The van der Waals surface area contributed by atoms with Gasteiger partial charge in [-0.1, -0.05) is 6.07 Å². The molecule has 0 aromatic heterocycles. The average Bonchev–Trinajstić information content (AvgIpc) is 2.46. The van der Waals surface area contributed by atoms with Crippen molar-refractivity contribution in [2.45, 2.75) is 19.3 Å². The molecule has 114 valence electrons. The predicted molar refractivity (Wildman–Crippen MR) is 80.0 cm³/mol. The van der Waals surface area contributed by atoms with Gasteiger partial charge in [-0.2, -0.15) is 0 Å². The summed E-state index contributed by atoms with van der Waals surface area (Å²) in [5, 5.41) is 6.14. The first-order chi connectivity index (χ1) is 10.1. The summed E-state index contributed by atoms with van der Waals surface area (Å²) in [5.41, 5.74) is 5.69. The maximum atomic E-state index is 12.0. The number of amides is 2. The van der Waals surface area contributed by atoms with E-state index in [4.69, 9.17) is 10.5 Å². The third-order valence-electron chi connectivity index (χ3n) is 3.43. The zero-order valence-electron chi connectivity index (χ0n) is 11.9. The number of carbonyl (C=O) groups excluding carboxylic acids is 2. The molecule has 1 aliphatic rings. The number of anilines is 1. The highest BCUT2D eigenvalue weighted by Crippen LogP contribution is 2.20. The molecule has 1 aromatic rings. The van der Waals surface area contributed by atoms with E-state index in [9.17, 15) is 9.59 Å². The van der Waals surface area contributed by atoms with Crippen LogP contribution in [0, 0.1) is 5.92 Å². The van der Waals surface area contributed by atoms with Gasteiger partial charge in [0.05, 0.1) is 0 Å². The molecule has 1 fully saturated rings. The molecule has 0 unspecified atom stereocenters. The van der Waals surface area contributed by atoms with Crippen molar-refractivity contribution in [3.05, 3.63) is 24.3 Å². The van der Waals surface area contributed by atoms with Crippen molar-refractivity contribution in [3.8, 4) is 5.75 Å². The van der Waals surface area contributed by atoms with Gasteiger partial charge in [-0.15, -0.1) is 0 Å². The summed E-state index contributed by atoms with van der Waals surface area (Å²) in [6.07, 6.45) is 2.61. The van der Waals surface area contributed by atoms with Crippen molar-refractivity contribution in [2.75, 3.05) is 25.0 Å². The van der Waals surface area contributed by atoms with Gasteiger partial charge in [-0.05, 0) is 44.0 Å². The number of primary amides is 1. The van der Waals surface area contributed by atoms with Crippen LogP contribution in [0.2, 0.25) is 0 Å². The number of carbonyl (C=O) groups is 2. The first-order valence-corrected chi connectivity index (χ1v) is 7.15. The molecule has 0 radical (unpaired) electrons. The van der Waals surface area contributed by atoms with E-state index in [1.165, 1.54) is 0 Å². The van der Waals surface area contributed by atoms with Crippen LogP contribution in [0.1, 0.15) is 19.3 Å². The van der Waals surface area contributed by atoms with Crippen LogP contribution in [0.25, 0.3) is 0 Å². The van der Waals surface area contributed by atoms with Crippen LogP contribution in [0.4, 0.5) is 5.69 Å². The summed E-state index contributed by atoms with van der Waals surface area (Å²) in [7, 11) is 0. The number of ether oxygens (including phenoxy) is 1. The molecule has 6 heteroatoms. The summed E-state index contributed by atoms with van der Waals surface area (Å²) >= 11 is 0. The number of piperidine rings is 1. The Morgan fingerprint density at radius 2 is 2.10 bits per heavy atom. The van der Waals surface area contributed by atoms with Crippen LogP contribution in [0.15, 0.2) is 24.3 Å². The normalized spacial score (nSPS) is 15.4. The van der Waals surface area contributed by atoms with Crippen LogP contribution in [-0.4, -0.2) is 31.5 Å². The van der Waals surface area contributed by atoms with Gasteiger partial charge >= 0.3 is 0 Å². The Hall–Kier alpha value is -2.08. The van der Waals surface area contributed by atoms with E-state index in [-0.39, 0.29) is 12.5 Å². The van der Waals surface area contributed by atoms with E-state index in [1.54, 1.807) is 24.3 Å². The zero-order valence-corrected chi connectivity index (χ0v) is 11.9. The fourth-order valence-electron chi connectivity index (χ4n) is 2.38. The van der Waals surface area contributed by atoms with Gasteiger partial charge in [0, 0.05) is 18.2 Å². The summed E-state index contributed by atoms with van der Waals surface area (Å²) < 4.78 is 5.21. The van der Waals surface area contributed by atoms with Crippen LogP contribution in [-0.2, 0) is 9.59 Å². The van der Waals surface area contributed by atoms with Gasteiger partial charge in [0.2, 0.25) is 5.91 Å². The number of nitrogens with two attached hydrogens (primary N) is 1. The highest BCUT2D eigenvalue weighted by atomic mass is 16.5. The highest BCUT2D eigenvalue weighted by molar-refractivity contribution is 5.91. The monoisotopic (exact) mass is 291 g/mol. The van der Waals surface area contributed by atoms with Crippen molar-refractivity contribution >= 4 is 17.5 Å². The number of rotatable bonds is 6. The lowest BCUT2D eigenvalue weighted by Crippen LogP contribution is -2.30. The van der Waals surface area contributed by atoms with Crippen molar-refractivity contribution in [3.63, 3.8) is 0 Å². The molecular formula is C15H21N3O3. The van der Waals surface area contributed by atoms with Crippen molar-refractivity contribution < 1.29 is 14.3 Å². The Balaban J connectivity index is 1.85. The molecule has 4 N–H and O–H groups in total. The average molecular weight is 291 g/mol. The zero-order chi connectivity index (χ0) is 15.1. The lowest BCUT2D eigenvalue weighted by Gasteiger charge is -2.21. The molecule has 1 aliphatic heterocycles. The van der Waals surface area contributed by atoms with E-state index in [2.05, 4.69) is 10.6 Å². The SMILES string of the molecule is NC(=O)COc1cccc(NC(=O)CC2CCNCC2)c1. The first kappa shape index (κ1) is 15.3. The van der Waals surface area contributed by atoms with Crippen LogP contribution >= 0.6 is 0 Å². The van der Waals surface area contributed by atoms with Crippen molar-refractivity contribution in [2.24, 2.45) is 11.7 Å². The third kappa shape index (κ3) is 5.43. The van der Waals surface area contributed by atoms with Crippen molar-refractivity contribution in [1.29, 1.82) is 0 Å². The molecular weight excluding hydrogens is 270 g/mol. The Morgan fingerprint density at radius 3 is 2.81 bits per heavy atom. The van der Waals surface area contributed by atoms with E-state index < -0.39 is 5.91 Å². The fraction of sp³-hybridized carbons (Fsp3) is 0.467. The van der Waals surface area contributed by atoms with Crippen LogP contribution in [0.5, 0.6) is 5.75 Å². The summed E-state index contributed by atoms with van der Waals surface area (Å²) in [5.74, 6) is 0.429. The molecule has 0 spiro atoms. The molecule has 21 heavy (non-hydrogen) atoms. The second-order valence-corrected chi connectivity index (χ2v) is 5.23. The Labute approximate surface area is 124 Å². The molecule has 2 rings (SSSR count). The summed E-state index contributed by atoms with van der Waals surface area (Å²) in [6.45, 7) is 1.79. The quantitative estimate of drug-likeness (QED) is 0.725. The first-order valence-electron chi connectivity index (χ1n) is 7.15. The minimum absolute atomic E-state index is 0.00829. The standard InChI is InChI=1S/C15H21N3O3/c16-14(19)10-21-13-3-1-2-12(9-13)18-15(20)8-11-4-6-17-7-5-11/h1-3,9,11,17H,4-8,10H2,(H2,16,19)(H,18,20). The molecule has 1 saturated heterocycles. The molecule has 0 atom stereocenters. The van der Waals surface area contributed by atoms with E-state index in [1.807, 2.05) is 0 Å². The predicted octanol–water partition coefficient (Wildman–Crippen LogP) is 0.879. The Morgan fingerprint density at radius 1 is 1.33 bits per heavy atom. The van der Waals surface area contributed by atoms with E-state index in [0.29, 0.717) is 23.8 Å². The van der Waals surface area contributed by atoms with E-state index in [0.717, 1.165) is 25.9 Å². The van der Waals surface area contributed by atoms with E-state index >= 15 is 0 Å². The van der Waals surface area contributed by atoms with Gasteiger partial charge in [0.15, 0.2) is 6.61 Å². The fourth-order valence-corrected chi connectivity index (χ4v) is 2.38. The minimum Gasteiger partial charge on any atom is -0.484 e. The summed E-state index contributed by atoms with van der Waals surface area (Å²) in [6, 6.07) is 6.95. The summed E-state index contributed by atoms with van der Waals surface area (Å²) in [4.78, 5) is 22.7. The number of hydrogen-bond donors (Lipinski definition) is 3.